The molecule has 0 unspecified atom stereocenters. The van der Waals surface area contributed by atoms with Crippen LogP contribution in [0.2, 0.25) is 0 Å². The smallest absolute Gasteiger partial charge is 0.444 e. The quantitative estimate of drug-likeness (QED) is 0.0360. The van der Waals surface area contributed by atoms with Crippen LogP contribution in [0.25, 0.3) is 0 Å². The van der Waals surface area contributed by atoms with E-state index in [-0.39, 0.29) is 18.0 Å². The van der Waals surface area contributed by atoms with Crippen molar-refractivity contribution in [1.82, 2.24) is 10.6 Å². The van der Waals surface area contributed by atoms with Gasteiger partial charge in [-0.25, -0.2) is 9.59 Å². The molecule has 3 N–H and O–H groups in total. The lowest BCUT2D eigenvalue weighted by Crippen LogP contribution is -2.52. The average Bonchev–Trinajstić information content (AvgIpc) is 3.17. The summed E-state index contributed by atoms with van der Waals surface area (Å²) in [5.74, 6) is -1.13. The molecule has 0 saturated heterocycles. The van der Waals surface area contributed by atoms with Crippen molar-refractivity contribution >= 4 is 35.4 Å². The number of carbonyl (C=O) groups excluding carboxylic acids is 4. The van der Waals surface area contributed by atoms with Crippen molar-refractivity contribution in [1.29, 1.82) is 0 Å². The fraction of sp³-hybridized carbons (Fsp3) is 0.190. The summed E-state index contributed by atoms with van der Waals surface area (Å²) >= 11 is 0. The summed E-state index contributed by atoms with van der Waals surface area (Å²) in [6.45, 7) is 4.88. The SMILES string of the molecule is CC(C)(C)OC(=O)N[C@@H](CC(=O)NC(c1ccccc1)(c1ccccc1)c1ccccc1)C(=O)Nc1ccc(COC(=O)Oc2ccc([N+](=O)[O-])cc2)cc1. The van der Waals surface area contributed by atoms with E-state index in [4.69, 9.17) is 14.2 Å². The van der Waals surface area contributed by atoms with Crippen LogP contribution in [0.15, 0.2) is 140 Å². The first-order valence-corrected chi connectivity index (χ1v) is 17.3. The van der Waals surface area contributed by atoms with E-state index >= 15 is 0 Å². The summed E-state index contributed by atoms with van der Waals surface area (Å²) in [5, 5.41) is 19.4. The maximum Gasteiger partial charge on any atom is 0.514 e. The summed E-state index contributed by atoms with van der Waals surface area (Å²) < 4.78 is 15.6. The number of rotatable bonds is 13. The number of anilines is 1. The normalized spacial score (nSPS) is 11.7. The van der Waals surface area contributed by atoms with Gasteiger partial charge in [-0.15, -0.1) is 0 Å². The Labute approximate surface area is 317 Å². The number of nitrogens with zero attached hydrogens (tertiary/aromatic N) is 1. The van der Waals surface area contributed by atoms with Crippen LogP contribution in [0.1, 0.15) is 49.4 Å². The molecule has 0 radical (unpaired) electrons. The largest absolute Gasteiger partial charge is 0.514 e. The Morgan fingerprint density at radius 1 is 0.709 bits per heavy atom. The maximum atomic E-state index is 14.2. The minimum Gasteiger partial charge on any atom is -0.444 e. The van der Waals surface area contributed by atoms with Gasteiger partial charge < -0.3 is 30.2 Å². The molecule has 5 aromatic rings. The molecule has 13 nitrogen and oxygen atoms in total. The lowest BCUT2D eigenvalue weighted by atomic mass is 9.77. The zero-order valence-electron chi connectivity index (χ0n) is 30.4. The Kier molecular flexibility index (Phi) is 12.6. The monoisotopic (exact) mass is 744 g/mol. The minimum absolute atomic E-state index is 0.0720. The summed E-state index contributed by atoms with van der Waals surface area (Å²) in [6, 6.07) is 38.4. The third-order valence-corrected chi connectivity index (χ3v) is 8.17. The molecule has 5 rings (SSSR count). The number of non-ortho nitro benzene ring substituents is 1. The van der Waals surface area contributed by atoms with E-state index < -0.39 is 52.6 Å². The molecule has 5 aromatic carbocycles. The van der Waals surface area contributed by atoms with Gasteiger partial charge in [0.1, 0.15) is 29.5 Å². The first-order chi connectivity index (χ1) is 26.3. The number of hydrogen-bond acceptors (Lipinski definition) is 9. The Morgan fingerprint density at radius 3 is 1.69 bits per heavy atom. The van der Waals surface area contributed by atoms with E-state index in [0.717, 1.165) is 16.7 Å². The van der Waals surface area contributed by atoms with Gasteiger partial charge in [-0.2, -0.15) is 0 Å². The molecule has 0 aliphatic heterocycles. The highest BCUT2D eigenvalue weighted by Gasteiger charge is 2.39. The van der Waals surface area contributed by atoms with Gasteiger partial charge in [0.15, 0.2) is 0 Å². The molecule has 0 heterocycles. The van der Waals surface area contributed by atoms with Crippen molar-refractivity contribution in [3.63, 3.8) is 0 Å². The van der Waals surface area contributed by atoms with Crippen LogP contribution in [-0.2, 0) is 31.2 Å². The molecule has 0 saturated carbocycles. The molecule has 0 spiro atoms. The van der Waals surface area contributed by atoms with Gasteiger partial charge in [0.05, 0.1) is 11.3 Å². The number of alkyl carbamates (subject to hydrolysis) is 1. The third kappa shape index (κ3) is 10.8. The molecule has 0 fully saturated rings. The highest BCUT2D eigenvalue weighted by atomic mass is 16.7. The fourth-order valence-corrected chi connectivity index (χ4v) is 5.70. The number of hydrogen-bond donors (Lipinski definition) is 3. The summed E-state index contributed by atoms with van der Waals surface area (Å²) in [4.78, 5) is 63.3. The second-order valence-electron chi connectivity index (χ2n) is 13.4. The lowest BCUT2D eigenvalue weighted by molar-refractivity contribution is -0.384. The number of nitro benzene ring substituents is 1. The molecule has 13 heteroatoms. The third-order valence-electron chi connectivity index (χ3n) is 8.17. The minimum atomic E-state index is -1.35. The molecule has 55 heavy (non-hydrogen) atoms. The number of nitro groups is 1. The zero-order chi connectivity index (χ0) is 39.4. The number of carbonyl (C=O) groups is 4. The van der Waals surface area contributed by atoms with Gasteiger partial charge in [-0.1, -0.05) is 103 Å². The van der Waals surface area contributed by atoms with E-state index in [0.29, 0.717) is 11.3 Å². The standard InChI is InChI=1S/C42H40N4O9/c1-41(2,3)55-39(49)44-36(38(48)43-33-21-19-29(20-22-33)28-53-40(50)54-35-25-23-34(24-26-35)46(51)52)27-37(47)45-42(30-13-7-4-8-14-30,31-15-9-5-10-16-31)32-17-11-6-12-18-32/h4-26,36H,27-28H2,1-3H3,(H,43,48)(H,44,49)(H,45,47)/t36-/m0/s1. The van der Waals surface area contributed by atoms with Crippen molar-refractivity contribution in [3.8, 4) is 5.75 Å². The molecule has 0 aliphatic carbocycles. The molecule has 282 valence electrons. The van der Waals surface area contributed by atoms with Crippen molar-refractivity contribution < 1.29 is 38.3 Å². The molecule has 1 atom stereocenters. The summed E-state index contributed by atoms with van der Waals surface area (Å²) in [7, 11) is 0. The summed E-state index contributed by atoms with van der Waals surface area (Å²) in [6.07, 6.45) is -2.34. The maximum absolute atomic E-state index is 14.2. The van der Waals surface area contributed by atoms with Crippen LogP contribution < -0.4 is 20.7 Å². The van der Waals surface area contributed by atoms with Crippen molar-refractivity contribution in [2.75, 3.05) is 5.32 Å². The summed E-state index contributed by atoms with van der Waals surface area (Å²) in [5.41, 5.74) is 1.06. The van der Waals surface area contributed by atoms with Gasteiger partial charge in [0.25, 0.3) is 5.69 Å². The molecule has 3 amide bonds. The van der Waals surface area contributed by atoms with Crippen LogP contribution in [-0.4, -0.2) is 40.6 Å². The highest BCUT2D eigenvalue weighted by molar-refractivity contribution is 5.99. The topological polar surface area (TPSA) is 175 Å². The second-order valence-corrected chi connectivity index (χ2v) is 13.4. The van der Waals surface area contributed by atoms with Gasteiger partial charge >= 0.3 is 12.2 Å². The lowest BCUT2D eigenvalue weighted by Gasteiger charge is -2.37. The molecular weight excluding hydrogens is 704 g/mol. The van der Waals surface area contributed by atoms with Crippen LogP contribution >= 0.6 is 0 Å². The predicted molar refractivity (Wildman–Crippen MR) is 204 cm³/mol. The predicted octanol–water partition coefficient (Wildman–Crippen LogP) is 7.64. The highest BCUT2D eigenvalue weighted by Crippen LogP contribution is 2.37. The first kappa shape index (κ1) is 39.2. The fourth-order valence-electron chi connectivity index (χ4n) is 5.70. The van der Waals surface area contributed by atoms with Crippen molar-refractivity contribution in [2.45, 2.75) is 51.0 Å². The Hall–Kier alpha value is -7.02. The van der Waals surface area contributed by atoms with E-state index in [9.17, 15) is 29.3 Å². The molecule has 0 aromatic heterocycles. The number of ether oxygens (including phenoxy) is 3. The molecular formula is C42H40N4O9. The number of benzene rings is 5. The Bertz CT molecular complexity index is 1990. The Balaban J connectivity index is 1.31. The Morgan fingerprint density at radius 2 is 1.22 bits per heavy atom. The second kappa shape index (κ2) is 17.7. The van der Waals surface area contributed by atoms with Crippen molar-refractivity contribution in [3.05, 3.63) is 172 Å². The van der Waals surface area contributed by atoms with Crippen LogP contribution in [0.4, 0.5) is 21.0 Å². The van der Waals surface area contributed by atoms with E-state index in [1.165, 1.54) is 24.3 Å². The molecule has 0 aliphatic rings. The van der Waals surface area contributed by atoms with Crippen LogP contribution in [0.5, 0.6) is 5.75 Å². The van der Waals surface area contributed by atoms with E-state index in [1.807, 2.05) is 91.0 Å². The first-order valence-electron chi connectivity index (χ1n) is 17.3. The number of amides is 3. The van der Waals surface area contributed by atoms with Gasteiger partial charge in [-0.05, 0) is 67.3 Å². The van der Waals surface area contributed by atoms with Crippen LogP contribution in [0, 0.1) is 10.1 Å². The van der Waals surface area contributed by atoms with E-state index in [1.54, 1.807) is 45.0 Å². The van der Waals surface area contributed by atoms with E-state index in [2.05, 4.69) is 16.0 Å². The van der Waals surface area contributed by atoms with Crippen molar-refractivity contribution in [2.24, 2.45) is 0 Å². The molecule has 0 bridgehead atoms. The average molecular weight is 745 g/mol. The number of nitrogens with one attached hydrogen (secondary N) is 3. The van der Waals surface area contributed by atoms with Gasteiger partial charge in [0, 0.05) is 17.8 Å². The van der Waals surface area contributed by atoms with Crippen LogP contribution in [0.3, 0.4) is 0 Å². The van der Waals surface area contributed by atoms with Gasteiger partial charge in [-0.3, -0.25) is 19.7 Å². The zero-order valence-corrected chi connectivity index (χ0v) is 30.4. The van der Waals surface area contributed by atoms with Gasteiger partial charge in [0.2, 0.25) is 11.8 Å².